The molecule has 0 amide bonds. The smallest absolute Gasteiger partial charge is 0.416 e. The van der Waals surface area contributed by atoms with Gasteiger partial charge in [-0.3, -0.25) is 0 Å². The van der Waals surface area contributed by atoms with Crippen LogP contribution in [0.15, 0.2) is 60.8 Å². The highest BCUT2D eigenvalue weighted by atomic mass is 19.4. The van der Waals surface area contributed by atoms with Gasteiger partial charge in [0.1, 0.15) is 23.9 Å². The van der Waals surface area contributed by atoms with Crippen LogP contribution in [-0.4, -0.2) is 16.1 Å². The molecule has 8 heteroatoms. The molecular weight excluding hydrogens is 450 g/mol. The molecule has 176 valence electrons. The Balaban J connectivity index is 1.79. The number of benzene rings is 2. The zero-order valence-corrected chi connectivity index (χ0v) is 18.0. The number of ether oxygens (including phenoxy) is 1. The Hall–Kier alpha value is -3.68. The van der Waals surface area contributed by atoms with Crippen LogP contribution in [0, 0.1) is 5.82 Å². The van der Waals surface area contributed by atoms with Gasteiger partial charge in [-0.15, -0.1) is 0 Å². The first kappa shape index (κ1) is 23.5. The highest BCUT2D eigenvalue weighted by molar-refractivity contribution is 5.93. The number of alkyl halides is 3. The summed E-state index contributed by atoms with van der Waals surface area (Å²) >= 11 is 0. The number of pyridine rings is 1. The van der Waals surface area contributed by atoms with E-state index >= 15 is 0 Å². The number of rotatable bonds is 6. The van der Waals surface area contributed by atoms with E-state index in [1.165, 1.54) is 24.4 Å². The van der Waals surface area contributed by atoms with Crippen LogP contribution in [-0.2, 0) is 12.8 Å². The Bertz CT molecular complexity index is 1230. The first-order valence-electron chi connectivity index (χ1n) is 10.7. The number of nitrogens with zero attached hydrogens (tertiary/aromatic N) is 1. The molecule has 0 radical (unpaired) electrons. The van der Waals surface area contributed by atoms with Crippen molar-refractivity contribution in [2.45, 2.75) is 38.5 Å². The van der Waals surface area contributed by atoms with Crippen molar-refractivity contribution in [3.8, 4) is 5.75 Å². The number of halogens is 4. The molecule has 1 heterocycles. The topological polar surface area (TPSA) is 59.4 Å². The largest absolute Gasteiger partial charge is 0.488 e. The van der Waals surface area contributed by atoms with E-state index in [0.717, 1.165) is 30.5 Å². The van der Waals surface area contributed by atoms with Gasteiger partial charge in [-0.2, -0.15) is 13.2 Å². The summed E-state index contributed by atoms with van der Waals surface area (Å²) in [5.41, 5.74) is 1.80. The van der Waals surface area contributed by atoms with Crippen LogP contribution in [0.3, 0.4) is 0 Å². The van der Waals surface area contributed by atoms with Gasteiger partial charge < -0.3 is 9.84 Å². The van der Waals surface area contributed by atoms with E-state index in [4.69, 9.17) is 9.84 Å². The molecule has 0 saturated heterocycles. The maximum atomic E-state index is 14.1. The van der Waals surface area contributed by atoms with Gasteiger partial charge in [0.25, 0.3) is 0 Å². The summed E-state index contributed by atoms with van der Waals surface area (Å²) < 4.78 is 60.5. The van der Waals surface area contributed by atoms with Gasteiger partial charge in [0.2, 0.25) is 0 Å². The lowest BCUT2D eigenvalue weighted by Crippen LogP contribution is -2.09. The average molecular weight is 471 g/mol. The number of carboxylic acids is 1. The molecule has 0 saturated carbocycles. The van der Waals surface area contributed by atoms with Crippen LogP contribution in [0.25, 0.3) is 11.1 Å². The second kappa shape index (κ2) is 9.67. The molecule has 0 bridgehead atoms. The normalized spacial score (nSPS) is 14.2. The van der Waals surface area contributed by atoms with Crippen molar-refractivity contribution < 1.29 is 32.2 Å². The summed E-state index contributed by atoms with van der Waals surface area (Å²) in [7, 11) is 0. The third-order valence-electron chi connectivity index (χ3n) is 5.77. The van der Waals surface area contributed by atoms with Crippen molar-refractivity contribution in [1.29, 1.82) is 0 Å². The maximum absolute atomic E-state index is 14.1. The van der Waals surface area contributed by atoms with E-state index in [1.54, 1.807) is 24.3 Å². The summed E-state index contributed by atoms with van der Waals surface area (Å²) in [6.45, 7) is -0.136. The first-order chi connectivity index (χ1) is 16.2. The van der Waals surface area contributed by atoms with Gasteiger partial charge in [0, 0.05) is 17.3 Å². The number of carboxylic acid groups (broad SMARTS) is 1. The number of hydrogen-bond acceptors (Lipinski definition) is 3. The zero-order chi connectivity index (χ0) is 24.3. The maximum Gasteiger partial charge on any atom is 0.416 e. The Morgan fingerprint density at radius 2 is 1.74 bits per heavy atom. The van der Waals surface area contributed by atoms with Crippen molar-refractivity contribution in [1.82, 2.24) is 4.98 Å². The molecular formula is C26H21F4NO3. The fraction of sp³-hybridized carbons (Fsp3) is 0.231. The number of allylic oxidation sites excluding steroid dienone is 2. The lowest BCUT2D eigenvalue weighted by atomic mass is 9.83. The Labute approximate surface area is 193 Å². The third-order valence-corrected chi connectivity index (χ3v) is 5.77. The van der Waals surface area contributed by atoms with Crippen molar-refractivity contribution in [2.75, 3.05) is 0 Å². The highest BCUT2D eigenvalue weighted by Gasteiger charge is 2.32. The fourth-order valence-electron chi connectivity index (χ4n) is 4.06. The van der Waals surface area contributed by atoms with E-state index < -0.39 is 23.5 Å². The van der Waals surface area contributed by atoms with Gasteiger partial charge in [-0.05, 0) is 72.7 Å². The summed E-state index contributed by atoms with van der Waals surface area (Å²) in [6.07, 6.45) is -0.372. The van der Waals surface area contributed by atoms with E-state index in [0.29, 0.717) is 35.1 Å². The second-order valence-corrected chi connectivity index (χ2v) is 7.99. The number of aromatic carboxylic acids is 1. The molecule has 34 heavy (non-hydrogen) atoms. The minimum atomic E-state index is -4.54. The molecule has 4 nitrogen and oxygen atoms in total. The van der Waals surface area contributed by atoms with Crippen molar-refractivity contribution >= 4 is 17.1 Å². The SMILES string of the molecule is O=C(O)c1ccc(C2=C(c3cc(C(F)(F)F)ccc3OCc3ccccc3F)CCCC2)cn1. The summed E-state index contributed by atoms with van der Waals surface area (Å²) in [6, 6.07) is 12.3. The average Bonchev–Trinajstić information content (AvgIpc) is 2.83. The molecule has 1 aromatic heterocycles. The molecule has 4 rings (SSSR count). The molecule has 0 atom stereocenters. The monoisotopic (exact) mass is 471 g/mol. The predicted molar refractivity (Wildman–Crippen MR) is 119 cm³/mol. The molecule has 0 fully saturated rings. The lowest BCUT2D eigenvalue weighted by Gasteiger charge is -2.24. The van der Waals surface area contributed by atoms with Crippen molar-refractivity contribution in [2.24, 2.45) is 0 Å². The van der Waals surface area contributed by atoms with Crippen LogP contribution < -0.4 is 4.74 Å². The van der Waals surface area contributed by atoms with E-state index in [9.17, 15) is 22.4 Å². The highest BCUT2D eigenvalue weighted by Crippen LogP contribution is 2.43. The number of carbonyl (C=O) groups is 1. The molecule has 2 aromatic carbocycles. The standard InChI is InChI=1S/C26H21F4NO3/c27-22-8-4-1-5-17(22)15-34-24-12-10-18(26(28,29)30)13-21(24)20-7-3-2-6-19(20)16-9-11-23(25(32)33)31-14-16/h1,4-5,8-14H,2-3,6-7,15H2,(H,32,33). The van der Waals surface area contributed by atoms with Crippen LogP contribution in [0.5, 0.6) is 5.75 Å². The predicted octanol–water partition coefficient (Wildman–Crippen LogP) is 7.00. The van der Waals surface area contributed by atoms with E-state index in [1.807, 2.05) is 0 Å². The Morgan fingerprint density at radius 1 is 1.00 bits per heavy atom. The van der Waals surface area contributed by atoms with Gasteiger partial charge >= 0.3 is 12.1 Å². The number of aromatic nitrogens is 1. The van der Waals surface area contributed by atoms with E-state index in [-0.39, 0.29) is 18.1 Å². The van der Waals surface area contributed by atoms with Crippen molar-refractivity contribution in [3.63, 3.8) is 0 Å². The quantitative estimate of drug-likeness (QED) is 0.393. The zero-order valence-electron chi connectivity index (χ0n) is 18.0. The van der Waals surface area contributed by atoms with Crippen molar-refractivity contribution in [3.05, 3.63) is 94.6 Å². The molecule has 0 spiro atoms. The minimum Gasteiger partial charge on any atom is -0.488 e. The lowest BCUT2D eigenvalue weighted by molar-refractivity contribution is -0.137. The van der Waals surface area contributed by atoms with Crippen LogP contribution in [0.2, 0.25) is 0 Å². The van der Waals surface area contributed by atoms with Gasteiger partial charge in [0.05, 0.1) is 5.56 Å². The van der Waals surface area contributed by atoms with Crippen LogP contribution in [0.1, 0.15) is 58.4 Å². The molecule has 0 aliphatic heterocycles. The van der Waals surface area contributed by atoms with E-state index in [2.05, 4.69) is 4.98 Å². The second-order valence-electron chi connectivity index (χ2n) is 7.99. The summed E-state index contributed by atoms with van der Waals surface area (Å²) in [5, 5.41) is 9.11. The molecule has 3 aromatic rings. The summed E-state index contributed by atoms with van der Waals surface area (Å²) in [5.74, 6) is -1.40. The van der Waals surface area contributed by atoms with Crippen LogP contribution >= 0.6 is 0 Å². The van der Waals surface area contributed by atoms with Crippen LogP contribution in [0.4, 0.5) is 17.6 Å². The molecule has 1 aliphatic rings. The first-order valence-corrected chi connectivity index (χ1v) is 10.7. The minimum absolute atomic E-state index is 0.116. The van der Waals surface area contributed by atoms with Gasteiger partial charge in [0.15, 0.2) is 0 Å². The van der Waals surface area contributed by atoms with Gasteiger partial charge in [-0.1, -0.05) is 24.3 Å². The molecule has 1 N–H and O–H groups in total. The third kappa shape index (κ3) is 5.11. The van der Waals surface area contributed by atoms with Gasteiger partial charge in [-0.25, -0.2) is 14.2 Å². The molecule has 1 aliphatic carbocycles. The summed E-state index contributed by atoms with van der Waals surface area (Å²) in [4.78, 5) is 15.1. The number of hydrogen-bond donors (Lipinski definition) is 1. The fourth-order valence-corrected chi connectivity index (χ4v) is 4.06. The Morgan fingerprint density at radius 3 is 2.38 bits per heavy atom. The molecule has 0 unspecified atom stereocenters. The Kier molecular flexibility index (Phi) is 6.68.